The Balaban J connectivity index is 2.37. The van der Waals surface area contributed by atoms with Crippen LogP contribution in [0.5, 0.6) is 0 Å². The van der Waals surface area contributed by atoms with Crippen molar-refractivity contribution in [3.63, 3.8) is 0 Å². The molecule has 0 radical (unpaired) electrons. The van der Waals surface area contributed by atoms with Crippen LogP contribution in [-0.2, 0) is 9.53 Å². The fourth-order valence-electron chi connectivity index (χ4n) is 1.18. The number of carbonyl (C=O) groups excluding carboxylic acids is 1. The van der Waals surface area contributed by atoms with Gasteiger partial charge in [-0.3, -0.25) is 4.79 Å². The minimum atomic E-state index is -0.199. The molecular weight excluding hydrogens is 208 g/mol. The number of benzene rings is 1. The van der Waals surface area contributed by atoms with Crippen molar-refractivity contribution < 1.29 is 9.53 Å². The summed E-state index contributed by atoms with van der Waals surface area (Å²) in [5, 5.41) is 0. The summed E-state index contributed by atoms with van der Waals surface area (Å²) in [6, 6.07) is 10.1. The van der Waals surface area contributed by atoms with Crippen molar-refractivity contribution in [2.24, 2.45) is 0 Å². The largest absolute Gasteiger partial charge is 0.462 e. The van der Waals surface area contributed by atoms with Crippen LogP contribution in [-0.4, -0.2) is 17.8 Å². The fourth-order valence-corrected chi connectivity index (χ4v) is 2.21. The predicted molar refractivity (Wildman–Crippen MR) is 63.0 cm³/mol. The van der Waals surface area contributed by atoms with Gasteiger partial charge in [-0.2, -0.15) is 0 Å². The van der Waals surface area contributed by atoms with Gasteiger partial charge < -0.3 is 4.74 Å². The SMILES string of the molecule is CC[C@H](CSc1ccccc1)OC(C)=O. The zero-order valence-corrected chi connectivity index (χ0v) is 9.92. The molecule has 0 spiro atoms. The number of hydrogen-bond acceptors (Lipinski definition) is 3. The molecule has 0 saturated carbocycles. The van der Waals surface area contributed by atoms with Gasteiger partial charge in [0, 0.05) is 17.6 Å². The van der Waals surface area contributed by atoms with Gasteiger partial charge in [-0.15, -0.1) is 11.8 Å². The van der Waals surface area contributed by atoms with E-state index in [2.05, 4.69) is 12.1 Å². The molecule has 1 rings (SSSR count). The molecule has 0 aliphatic heterocycles. The summed E-state index contributed by atoms with van der Waals surface area (Å²) in [4.78, 5) is 12.0. The van der Waals surface area contributed by atoms with Gasteiger partial charge in [-0.05, 0) is 18.6 Å². The van der Waals surface area contributed by atoms with Gasteiger partial charge in [0.15, 0.2) is 0 Å². The fraction of sp³-hybridized carbons (Fsp3) is 0.417. The minimum absolute atomic E-state index is 0.0210. The van der Waals surface area contributed by atoms with Gasteiger partial charge >= 0.3 is 5.97 Å². The summed E-state index contributed by atoms with van der Waals surface area (Å²) < 4.78 is 5.16. The summed E-state index contributed by atoms with van der Waals surface area (Å²) in [5.74, 6) is 0.621. The Kier molecular flexibility index (Phi) is 5.26. The molecule has 0 aliphatic carbocycles. The van der Waals surface area contributed by atoms with E-state index in [0.29, 0.717) is 0 Å². The molecular formula is C12H16O2S. The molecule has 82 valence electrons. The number of esters is 1. The number of ether oxygens (including phenoxy) is 1. The number of rotatable bonds is 5. The Morgan fingerprint density at radius 2 is 2.07 bits per heavy atom. The average molecular weight is 224 g/mol. The van der Waals surface area contributed by atoms with Crippen LogP contribution in [0.3, 0.4) is 0 Å². The first-order valence-electron chi connectivity index (χ1n) is 5.07. The predicted octanol–water partition coefficient (Wildman–Crippen LogP) is 3.12. The zero-order chi connectivity index (χ0) is 11.1. The van der Waals surface area contributed by atoms with E-state index in [9.17, 15) is 4.79 Å². The van der Waals surface area contributed by atoms with Crippen LogP contribution in [0.4, 0.5) is 0 Å². The van der Waals surface area contributed by atoms with Crippen molar-refractivity contribution in [2.75, 3.05) is 5.75 Å². The third-order valence-electron chi connectivity index (χ3n) is 1.97. The van der Waals surface area contributed by atoms with E-state index in [-0.39, 0.29) is 12.1 Å². The van der Waals surface area contributed by atoms with Crippen LogP contribution in [0, 0.1) is 0 Å². The smallest absolute Gasteiger partial charge is 0.302 e. The highest BCUT2D eigenvalue weighted by atomic mass is 32.2. The lowest BCUT2D eigenvalue weighted by molar-refractivity contribution is -0.145. The van der Waals surface area contributed by atoms with Crippen LogP contribution >= 0.6 is 11.8 Å². The highest BCUT2D eigenvalue weighted by Crippen LogP contribution is 2.19. The number of carbonyl (C=O) groups is 1. The molecule has 0 aromatic heterocycles. The molecule has 1 aromatic rings. The van der Waals surface area contributed by atoms with Crippen LogP contribution in [0.25, 0.3) is 0 Å². The van der Waals surface area contributed by atoms with Crippen molar-refractivity contribution in [1.29, 1.82) is 0 Å². The Morgan fingerprint density at radius 1 is 1.40 bits per heavy atom. The van der Waals surface area contributed by atoms with Crippen molar-refractivity contribution in [3.05, 3.63) is 30.3 Å². The Hall–Kier alpha value is -0.960. The first kappa shape index (κ1) is 12.1. The van der Waals surface area contributed by atoms with Gasteiger partial charge in [0.25, 0.3) is 0 Å². The van der Waals surface area contributed by atoms with Gasteiger partial charge in [0.05, 0.1) is 0 Å². The van der Waals surface area contributed by atoms with E-state index in [0.717, 1.165) is 12.2 Å². The van der Waals surface area contributed by atoms with Crippen molar-refractivity contribution in [1.82, 2.24) is 0 Å². The topological polar surface area (TPSA) is 26.3 Å². The second-order valence-electron chi connectivity index (χ2n) is 3.26. The Morgan fingerprint density at radius 3 is 2.60 bits per heavy atom. The van der Waals surface area contributed by atoms with E-state index in [4.69, 9.17) is 4.74 Å². The normalized spacial score (nSPS) is 12.1. The van der Waals surface area contributed by atoms with E-state index >= 15 is 0 Å². The molecule has 1 aromatic carbocycles. The molecule has 2 nitrogen and oxygen atoms in total. The molecule has 15 heavy (non-hydrogen) atoms. The van der Waals surface area contributed by atoms with Crippen molar-refractivity contribution >= 4 is 17.7 Å². The van der Waals surface area contributed by atoms with Gasteiger partial charge in [0.1, 0.15) is 6.10 Å². The maximum absolute atomic E-state index is 10.8. The molecule has 3 heteroatoms. The van der Waals surface area contributed by atoms with Crippen LogP contribution < -0.4 is 0 Å². The summed E-state index contributed by atoms with van der Waals surface area (Å²) >= 11 is 1.72. The summed E-state index contributed by atoms with van der Waals surface area (Å²) in [6.07, 6.45) is 0.882. The molecule has 0 aliphatic rings. The minimum Gasteiger partial charge on any atom is -0.462 e. The number of hydrogen-bond donors (Lipinski definition) is 0. The maximum atomic E-state index is 10.8. The second-order valence-corrected chi connectivity index (χ2v) is 4.36. The van der Waals surface area contributed by atoms with E-state index < -0.39 is 0 Å². The van der Waals surface area contributed by atoms with Crippen LogP contribution in [0.1, 0.15) is 20.3 Å². The lowest BCUT2D eigenvalue weighted by Gasteiger charge is -2.14. The Bertz CT molecular complexity index is 298. The first-order chi connectivity index (χ1) is 7.22. The highest BCUT2D eigenvalue weighted by molar-refractivity contribution is 7.99. The van der Waals surface area contributed by atoms with Gasteiger partial charge in [-0.25, -0.2) is 0 Å². The van der Waals surface area contributed by atoms with Gasteiger partial charge in [0.2, 0.25) is 0 Å². The summed E-state index contributed by atoms with van der Waals surface area (Å²) in [6.45, 7) is 3.48. The highest BCUT2D eigenvalue weighted by Gasteiger charge is 2.09. The van der Waals surface area contributed by atoms with Gasteiger partial charge in [-0.1, -0.05) is 25.1 Å². The third-order valence-corrected chi connectivity index (χ3v) is 3.11. The first-order valence-corrected chi connectivity index (χ1v) is 6.06. The lowest BCUT2D eigenvalue weighted by Crippen LogP contribution is -2.17. The lowest BCUT2D eigenvalue weighted by atomic mass is 10.3. The standard InChI is InChI=1S/C12H16O2S/c1-3-11(14-10(2)13)9-15-12-7-5-4-6-8-12/h4-8,11H,3,9H2,1-2H3/t11-/m1/s1. The average Bonchev–Trinajstić information content (AvgIpc) is 2.25. The molecule has 0 bridgehead atoms. The number of thioether (sulfide) groups is 1. The van der Waals surface area contributed by atoms with Crippen LogP contribution in [0.2, 0.25) is 0 Å². The molecule has 0 amide bonds. The molecule has 0 unspecified atom stereocenters. The summed E-state index contributed by atoms with van der Waals surface area (Å²) in [5.41, 5.74) is 0. The van der Waals surface area contributed by atoms with E-state index in [1.165, 1.54) is 11.8 Å². The van der Waals surface area contributed by atoms with Crippen LogP contribution in [0.15, 0.2) is 35.2 Å². The molecule has 0 fully saturated rings. The monoisotopic (exact) mass is 224 g/mol. The molecule has 0 heterocycles. The summed E-state index contributed by atoms with van der Waals surface area (Å²) in [7, 11) is 0. The van der Waals surface area contributed by atoms with Crippen molar-refractivity contribution in [3.8, 4) is 0 Å². The molecule has 0 N–H and O–H groups in total. The molecule has 0 saturated heterocycles. The van der Waals surface area contributed by atoms with E-state index in [1.807, 2.05) is 25.1 Å². The molecule has 1 atom stereocenters. The third kappa shape index (κ3) is 4.88. The zero-order valence-electron chi connectivity index (χ0n) is 9.10. The van der Waals surface area contributed by atoms with Crippen molar-refractivity contribution in [2.45, 2.75) is 31.3 Å². The second kappa shape index (κ2) is 6.51. The Labute approximate surface area is 95.0 Å². The van der Waals surface area contributed by atoms with E-state index in [1.54, 1.807) is 11.8 Å². The maximum Gasteiger partial charge on any atom is 0.302 e. The quantitative estimate of drug-likeness (QED) is 0.568.